The van der Waals surface area contributed by atoms with Crippen LogP contribution in [0.2, 0.25) is 0 Å². The van der Waals surface area contributed by atoms with Crippen LogP contribution in [0.1, 0.15) is 23.7 Å². The second kappa shape index (κ2) is 8.33. The van der Waals surface area contributed by atoms with Crippen molar-refractivity contribution in [1.82, 2.24) is 14.5 Å². The molecule has 0 fully saturated rings. The van der Waals surface area contributed by atoms with E-state index in [0.717, 1.165) is 28.9 Å². The highest BCUT2D eigenvalue weighted by atomic mass is 32.2. The van der Waals surface area contributed by atoms with Crippen LogP contribution in [-0.4, -0.2) is 31.4 Å². The molecule has 1 N–H and O–H groups in total. The fourth-order valence-electron chi connectivity index (χ4n) is 3.27. The fourth-order valence-corrected chi connectivity index (χ4v) is 5.75. The number of benzene rings is 1. The number of nitrogens with zero attached hydrogens (tertiary/aromatic N) is 3. The van der Waals surface area contributed by atoms with Crippen molar-refractivity contribution in [3.63, 3.8) is 0 Å². The molecular weight excluding hydrogens is 424 g/mol. The lowest BCUT2D eigenvalue weighted by Crippen LogP contribution is -2.25. The first-order chi connectivity index (χ1) is 13.9. The van der Waals surface area contributed by atoms with Gasteiger partial charge in [0.15, 0.2) is 10.3 Å². The lowest BCUT2D eigenvalue weighted by molar-refractivity contribution is -0.113. The molecule has 0 saturated heterocycles. The van der Waals surface area contributed by atoms with E-state index >= 15 is 0 Å². The van der Waals surface area contributed by atoms with Crippen LogP contribution in [0.3, 0.4) is 0 Å². The first-order valence-corrected chi connectivity index (χ1v) is 11.9. The van der Waals surface area contributed by atoms with Crippen LogP contribution in [-0.2, 0) is 11.2 Å². The lowest BCUT2D eigenvalue weighted by atomic mass is 10.1. The molecular formula is C20H20N4O2S3. The molecule has 1 aromatic carbocycles. The summed E-state index contributed by atoms with van der Waals surface area (Å²) >= 11 is 4.22. The van der Waals surface area contributed by atoms with Crippen LogP contribution in [0.4, 0.5) is 5.13 Å². The molecule has 2 aromatic heterocycles. The molecule has 3 heterocycles. The number of thiazole rings is 1. The minimum Gasteiger partial charge on any atom is -0.301 e. The minimum atomic E-state index is -0.172. The summed E-state index contributed by atoms with van der Waals surface area (Å²) in [7, 11) is 0. The van der Waals surface area contributed by atoms with E-state index in [1.165, 1.54) is 23.1 Å². The second-order valence-electron chi connectivity index (χ2n) is 6.96. The summed E-state index contributed by atoms with van der Waals surface area (Å²) in [6.07, 6.45) is 2.41. The summed E-state index contributed by atoms with van der Waals surface area (Å²) in [6, 6.07) is 6.02. The van der Waals surface area contributed by atoms with Crippen molar-refractivity contribution >= 4 is 45.9 Å². The van der Waals surface area contributed by atoms with E-state index in [1.54, 1.807) is 27.9 Å². The Kier molecular flexibility index (Phi) is 5.80. The van der Waals surface area contributed by atoms with Crippen molar-refractivity contribution < 1.29 is 4.79 Å². The van der Waals surface area contributed by atoms with Crippen LogP contribution < -0.4 is 10.9 Å². The third-order valence-corrected chi connectivity index (χ3v) is 7.20. The number of carbonyl (C=O) groups is 1. The number of aryl methyl sites for hydroxylation is 2. The van der Waals surface area contributed by atoms with Gasteiger partial charge in [-0.15, -0.1) is 23.1 Å². The molecule has 1 amide bonds. The van der Waals surface area contributed by atoms with Crippen LogP contribution in [0.25, 0.3) is 5.69 Å². The standard InChI is InChI=1S/C20H20N4O2S3/c1-11-6-12(2)8-14(7-11)24-18(26)17-15(9-13(3)29-17)22-20(24)28-10-16(25)23-19-21-4-5-27-19/h4-8,13H,9-10H2,1-3H3,(H,21,23,25)/t13-/m1/s1. The van der Waals surface area contributed by atoms with E-state index in [1.807, 2.05) is 26.0 Å². The van der Waals surface area contributed by atoms with Crippen LogP contribution >= 0.6 is 34.9 Å². The number of fused-ring (bicyclic) bond motifs is 1. The van der Waals surface area contributed by atoms with Gasteiger partial charge < -0.3 is 5.32 Å². The Morgan fingerprint density at radius 1 is 1.31 bits per heavy atom. The first kappa shape index (κ1) is 20.2. The third kappa shape index (κ3) is 4.41. The molecule has 1 aliphatic heterocycles. The number of thioether (sulfide) groups is 2. The summed E-state index contributed by atoms with van der Waals surface area (Å²) in [4.78, 5) is 35.2. The maximum atomic E-state index is 13.3. The Hall–Kier alpha value is -2.10. The number of anilines is 1. The van der Waals surface area contributed by atoms with Gasteiger partial charge in [-0.05, 0) is 37.1 Å². The van der Waals surface area contributed by atoms with Crippen molar-refractivity contribution in [3.05, 3.63) is 57.0 Å². The molecule has 1 aliphatic rings. The van der Waals surface area contributed by atoms with Crippen LogP contribution in [0, 0.1) is 13.8 Å². The highest BCUT2D eigenvalue weighted by Crippen LogP contribution is 2.35. The van der Waals surface area contributed by atoms with Crippen LogP contribution in [0.15, 0.2) is 44.6 Å². The zero-order valence-electron chi connectivity index (χ0n) is 16.3. The molecule has 0 saturated carbocycles. The van der Waals surface area contributed by atoms with Gasteiger partial charge in [0.05, 0.1) is 22.0 Å². The van der Waals surface area contributed by atoms with Crippen LogP contribution in [0.5, 0.6) is 0 Å². The Morgan fingerprint density at radius 2 is 2.07 bits per heavy atom. The van der Waals surface area contributed by atoms with E-state index in [0.29, 0.717) is 20.4 Å². The zero-order valence-corrected chi connectivity index (χ0v) is 18.7. The van der Waals surface area contributed by atoms with Gasteiger partial charge in [0.1, 0.15) is 0 Å². The average molecular weight is 445 g/mol. The van der Waals surface area contributed by atoms with Gasteiger partial charge >= 0.3 is 0 Å². The van der Waals surface area contributed by atoms with Gasteiger partial charge in [0, 0.05) is 23.2 Å². The number of hydrogen-bond acceptors (Lipinski definition) is 7. The Labute approximate surface area is 181 Å². The third-order valence-electron chi connectivity index (χ3n) is 4.36. The molecule has 6 nitrogen and oxygen atoms in total. The SMILES string of the molecule is Cc1cc(C)cc(-n2c(SCC(=O)Nc3nccs3)nc3c(c2=O)S[C@H](C)C3)c1. The minimum absolute atomic E-state index is 0.0582. The predicted molar refractivity (Wildman–Crippen MR) is 120 cm³/mol. The molecule has 150 valence electrons. The Morgan fingerprint density at radius 3 is 2.76 bits per heavy atom. The number of amides is 1. The van der Waals surface area contributed by atoms with Crippen molar-refractivity contribution in [2.45, 2.75) is 42.5 Å². The molecule has 0 unspecified atom stereocenters. The molecule has 1 atom stereocenters. The van der Waals surface area contributed by atoms with Gasteiger partial charge in [-0.3, -0.25) is 14.2 Å². The Balaban J connectivity index is 1.70. The number of nitrogens with one attached hydrogen (secondary N) is 1. The fraction of sp³-hybridized carbons (Fsp3) is 0.300. The predicted octanol–water partition coefficient (Wildman–Crippen LogP) is 4.07. The largest absolute Gasteiger partial charge is 0.301 e. The van der Waals surface area contributed by atoms with E-state index in [4.69, 9.17) is 4.98 Å². The van der Waals surface area contributed by atoms with Crippen molar-refractivity contribution in [2.24, 2.45) is 0 Å². The molecule has 0 aliphatic carbocycles. The number of rotatable bonds is 5. The molecule has 9 heteroatoms. The summed E-state index contributed by atoms with van der Waals surface area (Å²) < 4.78 is 1.64. The first-order valence-electron chi connectivity index (χ1n) is 9.14. The Bertz CT molecular complexity index is 1110. The normalized spacial score (nSPS) is 15.3. The lowest BCUT2D eigenvalue weighted by Gasteiger charge is -2.14. The smallest absolute Gasteiger partial charge is 0.272 e. The zero-order chi connectivity index (χ0) is 20.5. The van der Waals surface area contributed by atoms with Crippen molar-refractivity contribution in [3.8, 4) is 5.69 Å². The molecule has 29 heavy (non-hydrogen) atoms. The summed E-state index contributed by atoms with van der Waals surface area (Å²) in [5.41, 5.74) is 3.70. The average Bonchev–Trinajstić information content (AvgIpc) is 3.28. The van der Waals surface area contributed by atoms with E-state index in [9.17, 15) is 9.59 Å². The van der Waals surface area contributed by atoms with Gasteiger partial charge in [-0.1, -0.05) is 24.8 Å². The van der Waals surface area contributed by atoms with E-state index in [-0.39, 0.29) is 17.2 Å². The highest BCUT2D eigenvalue weighted by Gasteiger charge is 2.27. The van der Waals surface area contributed by atoms with Crippen molar-refractivity contribution in [2.75, 3.05) is 11.1 Å². The molecule has 3 aromatic rings. The maximum Gasteiger partial charge on any atom is 0.272 e. The van der Waals surface area contributed by atoms with Gasteiger partial charge in [-0.2, -0.15) is 0 Å². The quantitative estimate of drug-likeness (QED) is 0.472. The second-order valence-corrected chi connectivity index (χ2v) is 10.2. The summed E-state index contributed by atoms with van der Waals surface area (Å²) in [5.74, 6) is -0.0207. The topological polar surface area (TPSA) is 76.9 Å². The van der Waals surface area contributed by atoms with Crippen molar-refractivity contribution in [1.29, 1.82) is 0 Å². The summed E-state index contributed by atoms with van der Waals surface area (Å²) in [6.45, 7) is 6.11. The van der Waals surface area contributed by atoms with E-state index in [2.05, 4.69) is 23.3 Å². The highest BCUT2D eigenvalue weighted by molar-refractivity contribution is 8.00. The van der Waals surface area contributed by atoms with E-state index < -0.39 is 0 Å². The monoisotopic (exact) mass is 444 g/mol. The number of aromatic nitrogens is 3. The van der Waals surface area contributed by atoms with Gasteiger partial charge in [0.25, 0.3) is 5.56 Å². The molecule has 0 spiro atoms. The maximum absolute atomic E-state index is 13.3. The molecule has 0 radical (unpaired) electrons. The number of carbonyl (C=O) groups excluding carboxylic acids is 1. The van der Waals surface area contributed by atoms with Gasteiger partial charge in [-0.25, -0.2) is 9.97 Å². The molecule has 0 bridgehead atoms. The van der Waals surface area contributed by atoms with Gasteiger partial charge in [0.2, 0.25) is 5.91 Å². The summed E-state index contributed by atoms with van der Waals surface area (Å²) in [5, 5.41) is 6.01. The molecule has 4 rings (SSSR count). The number of hydrogen-bond donors (Lipinski definition) is 1.